The topological polar surface area (TPSA) is 72.2 Å². The van der Waals surface area contributed by atoms with Gasteiger partial charge in [0.1, 0.15) is 11.4 Å². The Labute approximate surface area is 129 Å². The van der Waals surface area contributed by atoms with E-state index >= 15 is 0 Å². The molecule has 0 atom stereocenters. The van der Waals surface area contributed by atoms with E-state index in [0.717, 1.165) is 24.6 Å². The smallest absolute Gasteiger partial charge is 0.305 e. The molecule has 8 heteroatoms. The SMILES string of the molecule is O=C(NCCCCCCBr)c1c(F)ccc([N+](=O)[O-])c1F. The normalized spacial score (nSPS) is 10.4. The first-order valence-corrected chi connectivity index (χ1v) is 7.57. The van der Waals surface area contributed by atoms with E-state index in [1.807, 2.05) is 0 Å². The maximum Gasteiger partial charge on any atom is 0.305 e. The summed E-state index contributed by atoms with van der Waals surface area (Å²) in [6, 6.07) is 1.41. The van der Waals surface area contributed by atoms with Gasteiger partial charge in [0.05, 0.1) is 4.92 Å². The average Bonchev–Trinajstić information content (AvgIpc) is 2.42. The summed E-state index contributed by atoms with van der Waals surface area (Å²) >= 11 is 3.30. The van der Waals surface area contributed by atoms with Gasteiger partial charge in [0.15, 0.2) is 0 Å². The van der Waals surface area contributed by atoms with E-state index in [2.05, 4.69) is 21.2 Å². The molecule has 0 unspecified atom stereocenters. The fourth-order valence-corrected chi connectivity index (χ4v) is 2.15. The van der Waals surface area contributed by atoms with Crippen LogP contribution in [0.15, 0.2) is 12.1 Å². The zero-order chi connectivity index (χ0) is 15.8. The Kier molecular flexibility index (Phi) is 7.21. The summed E-state index contributed by atoms with van der Waals surface area (Å²) in [7, 11) is 0. The average molecular weight is 365 g/mol. The highest BCUT2D eigenvalue weighted by Crippen LogP contribution is 2.22. The molecule has 1 aromatic carbocycles. The predicted molar refractivity (Wildman–Crippen MR) is 77.6 cm³/mol. The number of alkyl halides is 1. The standard InChI is InChI=1S/C13H15BrF2N2O3/c14-7-3-1-2-4-8-17-13(19)11-9(15)5-6-10(12(11)16)18(20)21/h5-6H,1-4,7-8H2,(H,17,19). The molecule has 1 rings (SSSR count). The molecule has 0 saturated carbocycles. The van der Waals surface area contributed by atoms with Crippen LogP contribution in [0.3, 0.4) is 0 Å². The summed E-state index contributed by atoms with van der Waals surface area (Å²) in [5, 5.41) is 13.9. The monoisotopic (exact) mass is 364 g/mol. The highest BCUT2D eigenvalue weighted by Gasteiger charge is 2.25. The number of hydrogen-bond acceptors (Lipinski definition) is 3. The summed E-state index contributed by atoms with van der Waals surface area (Å²) in [6.45, 7) is 0.267. The Bertz CT molecular complexity index is 526. The van der Waals surface area contributed by atoms with Crippen molar-refractivity contribution >= 4 is 27.5 Å². The highest BCUT2D eigenvalue weighted by atomic mass is 79.9. The Morgan fingerprint density at radius 2 is 1.90 bits per heavy atom. The third kappa shape index (κ3) is 5.04. The van der Waals surface area contributed by atoms with E-state index in [4.69, 9.17) is 0 Å². The van der Waals surface area contributed by atoms with Crippen LogP contribution in [0.1, 0.15) is 36.0 Å². The number of carbonyl (C=O) groups excluding carboxylic acids is 1. The Balaban J connectivity index is 2.66. The van der Waals surface area contributed by atoms with E-state index in [9.17, 15) is 23.7 Å². The van der Waals surface area contributed by atoms with E-state index in [0.29, 0.717) is 18.6 Å². The van der Waals surface area contributed by atoms with Crippen molar-refractivity contribution in [3.63, 3.8) is 0 Å². The van der Waals surface area contributed by atoms with Gasteiger partial charge in [-0.25, -0.2) is 4.39 Å². The van der Waals surface area contributed by atoms with E-state index in [1.54, 1.807) is 0 Å². The molecule has 5 nitrogen and oxygen atoms in total. The number of rotatable bonds is 8. The molecule has 1 aromatic rings. The number of nitro groups is 1. The summed E-state index contributed by atoms with van der Waals surface area (Å²) in [6.07, 6.45) is 3.56. The maximum atomic E-state index is 13.8. The number of benzene rings is 1. The number of halogens is 3. The van der Waals surface area contributed by atoms with Crippen LogP contribution in [0.2, 0.25) is 0 Å². The van der Waals surface area contributed by atoms with E-state index in [-0.39, 0.29) is 6.54 Å². The van der Waals surface area contributed by atoms with Crippen LogP contribution in [0.4, 0.5) is 14.5 Å². The minimum atomic E-state index is -1.45. The van der Waals surface area contributed by atoms with Gasteiger partial charge < -0.3 is 5.32 Å². The second-order valence-corrected chi connectivity index (χ2v) is 5.16. The van der Waals surface area contributed by atoms with Gasteiger partial charge in [0.2, 0.25) is 5.82 Å². The lowest BCUT2D eigenvalue weighted by molar-refractivity contribution is -0.387. The highest BCUT2D eigenvalue weighted by molar-refractivity contribution is 9.09. The Morgan fingerprint density at radius 1 is 1.24 bits per heavy atom. The van der Waals surface area contributed by atoms with Crippen LogP contribution in [0.5, 0.6) is 0 Å². The van der Waals surface area contributed by atoms with Crippen molar-refractivity contribution in [1.29, 1.82) is 0 Å². The van der Waals surface area contributed by atoms with E-state index in [1.165, 1.54) is 0 Å². The molecule has 0 saturated heterocycles. The molecule has 0 bridgehead atoms. The van der Waals surface area contributed by atoms with Crippen molar-refractivity contribution in [3.05, 3.63) is 39.4 Å². The molecule has 0 spiro atoms. The molecular formula is C13H15BrF2N2O3. The molecule has 0 fully saturated rings. The van der Waals surface area contributed by atoms with Gasteiger partial charge in [0.25, 0.3) is 5.91 Å². The fourth-order valence-electron chi connectivity index (χ4n) is 1.75. The van der Waals surface area contributed by atoms with Crippen LogP contribution in [-0.4, -0.2) is 22.7 Å². The second-order valence-electron chi connectivity index (χ2n) is 4.37. The van der Waals surface area contributed by atoms with Crippen molar-refractivity contribution in [3.8, 4) is 0 Å². The largest absolute Gasteiger partial charge is 0.352 e. The van der Waals surface area contributed by atoms with Crippen LogP contribution in [-0.2, 0) is 0 Å². The summed E-state index contributed by atoms with van der Waals surface area (Å²) < 4.78 is 27.3. The summed E-state index contributed by atoms with van der Waals surface area (Å²) in [5.41, 5.74) is -1.83. The number of amides is 1. The molecular weight excluding hydrogens is 350 g/mol. The quantitative estimate of drug-likeness (QED) is 0.331. The fraction of sp³-hybridized carbons (Fsp3) is 0.462. The van der Waals surface area contributed by atoms with Crippen molar-refractivity contribution < 1.29 is 18.5 Å². The van der Waals surface area contributed by atoms with Gasteiger partial charge in [-0.1, -0.05) is 28.8 Å². The van der Waals surface area contributed by atoms with Crippen molar-refractivity contribution in [2.45, 2.75) is 25.7 Å². The summed E-state index contributed by atoms with van der Waals surface area (Å²) in [5.74, 6) is -3.54. The van der Waals surface area contributed by atoms with Crippen molar-refractivity contribution in [2.24, 2.45) is 0 Å². The van der Waals surface area contributed by atoms with Crippen LogP contribution < -0.4 is 5.32 Å². The number of nitrogens with one attached hydrogen (secondary N) is 1. The van der Waals surface area contributed by atoms with Crippen LogP contribution >= 0.6 is 15.9 Å². The first-order valence-electron chi connectivity index (χ1n) is 6.45. The first kappa shape index (κ1) is 17.5. The molecule has 0 radical (unpaired) electrons. The minimum absolute atomic E-state index is 0.267. The Morgan fingerprint density at radius 3 is 2.52 bits per heavy atom. The van der Waals surface area contributed by atoms with Gasteiger partial charge in [-0.15, -0.1) is 0 Å². The lowest BCUT2D eigenvalue weighted by Crippen LogP contribution is -2.26. The van der Waals surface area contributed by atoms with Gasteiger partial charge >= 0.3 is 5.69 Å². The zero-order valence-corrected chi connectivity index (χ0v) is 12.8. The van der Waals surface area contributed by atoms with E-state index < -0.39 is 33.7 Å². The third-order valence-electron chi connectivity index (χ3n) is 2.84. The van der Waals surface area contributed by atoms with Crippen molar-refractivity contribution in [2.75, 3.05) is 11.9 Å². The van der Waals surface area contributed by atoms with Gasteiger partial charge in [0, 0.05) is 17.9 Å². The van der Waals surface area contributed by atoms with Crippen LogP contribution in [0.25, 0.3) is 0 Å². The summed E-state index contributed by atoms with van der Waals surface area (Å²) in [4.78, 5) is 21.3. The Hall–Kier alpha value is -1.57. The first-order chi connectivity index (χ1) is 9.99. The number of nitro benzene ring substituents is 1. The molecule has 1 N–H and O–H groups in total. The second kappa shape index (κ2) is 8.66. The van der Waals surface area contributed by atoms with Crippen LogP contribution in [0, 0.1) is 21.7 Å². The predicted octanol–water partition coefficient (Wildman–Crippen LogP) is 3.56. The van der Waals surface area contributed by atoms with Gasteiger partial charge in [-0.2, -0.15) is 4.39 Å². The molecule has 1 amide bonds. The molecule has 21 heavy (non-hydrogen) atoms. The molecule has 0 aliphatic heterocycles. The molecule has 116 valence electrons. The number of hydrogen-bond donors (Lipinski definition) is 1. The van der Waals surface area contributed by atoms with Crippen molar-refractivity contribution in [1.82, 2.24) is 5.32 Å². The molecule has 0 aliphatic carbocycles. The minimum Gasteiger partial charge on any atom is -0.352 e. The molecule has 0 heterocycles. The third-order valence-corrected chi connectivity index (χ3v) is 3.40. The maximum absolute atomic E-state index is 13.8. The van der Waals surface area contributed by atoms with Gasteiger partial charge in [-0.3, -0.25) is 14.9 Å². The molecule has 0 aliphatic rings. The molecule has 0 aromatic heterocycles. The number of unbranched alkanes of at least 4 members (excludes halogenated alkanes) is 3. The lowest BCUT2D eigenvalue weighted by Gasteiger charge is -2.07. The number of nitrogens with zero attached hydrogens (tertiary/aromatic N) is 1. The van der Waals surface area contributed by atoms with Gasteiger partial charge in [-0.05, 0) is 18.9 Å². The zero-order valence-electron chi connectivity index (χ0n) is 11.2. The number of carbonyl (C=O) groups is 1. The lowest BCUT2D eigenvalue weighted by atomic mass is 10.1.